The minimum absolute atomic E-state index is 0.653. The highest BCUT2D eigenvalue weighted by atomic mass is 14.9. The van der Waals surface area contributed by atoms with E-state index in [0.29, 0.717) is 11.8 Å². The van der Waals surface area contributed by atoms with Crippen LogP contribution in [0.1, 0.15) is 49.9 Å². The van der Waals surface area contributed by atoms with Gasteiger partial charge < -0.3 is 0 Å². The van der Waals surface area contributed by atoms with Gasteiger partial charge in [0, 0.05) is 17.2 Å². The fourth-order valence-electron chi connectivity index (χ4n) is 4.32. The van der Waals surface area contributed by atoms with Gasteiger partial charge in [0.2, 0.25) is 5.69 Å². The molecule has 0 unspecified atom stereocenters. The van der Waals surface area contributed by atoms with Gasteiger partial charge in [0.1, 0.15) is 7.05 Å². The van der Waals surface area contributed by atoms with Crippen LogP contribution in [0.5, 0.6) is 0 Å². The minimum Gasteiger partial charge on any atom is -0.201 e. The van der Waals surface area contributed by atoms with Gasteiger partial charge in [-0.3, -0.25) is 0 Å². The van der Waals surface area contributed by atoms with Crippen molar-refractivity contribution in [3.8, 4) is 22.4 Å². The van der Waals surface area contributed by atoms with Gasteiger partial charge in [-0.15, -0.1) is 0 Å². The summed E-state index contributed by atoms with van der Waals surface area (Å²) in [5.74, 6) is 1.32. The van der Waals surface area contributed by atoms with Crippen molar-refractivity contribution in [3.63, 3.8) is 0 Å². The molecule has 152 valence electrons. The Morgan fingerprint density at radius 3 is 1.93 bits per heavy atom. The average Bonchev–Trinajstić information content (AvgIpc) is 2.64. The third kappa shape index (κ3) is 4.96. The molecule has 1 nitrogen and oxygen atoms in total. The molecule has 0 fully saturated rings. The van der Waals surface area contributed by atoms with Crippen LogP contribution in [-0.2, 0) is 19.9 Å². The largest absolute Gasteiger partial charge is 0.212 e. The van der Waals surface area contributed by atoms with Crippen LogP contribution in [0, 0.1) is 25.7 Å². The Morgan fingerprint density at radius 2 is 1.31 bits per heavy atom. The molecule has 0 bridgehead atoms. The fraction of sp³-hybridized carbons (Fsp3) is 0.393. The van der Waals surface area contributed by atoms with E-state index in [4.69, 9.17) is 0 Å². The SMILES string of the molecule is Cc1cc(C)c(-c2cc(CC(C)C)c(CC(C)C)c[n+]2C)cc1-c1ccccc1. The molecule has 0 aliphatic heterocycles. The highest BCUT2D eigenvalue weighted by Crippen LogP contribution is 2.32. The highest BCUT2D eigenvalue weighted by Gasteiger charge is 2.20. The Hall–Kier alpha value is -2.41. The van der Waals surface area contributed by atoms with Gasteiger partial charge in [-0.25, -0.2) is 4.57 Å². The Kier molecular flexibility index (Phi) is 6.57. The summed E-state index contributed by atoms with van der Waals surface area (Å²) in [6.07, 6.45) is 4.64. The Balaban J connectivity index is 2.17. The number of pyridine rings is 1. The summed E-state index contributed by atoms with van der Waals surface area (Å²) in [5, 5.41) is 0. The minimum atomic E-state index is 0.653. The fourth-order valence-corrected chi connectivity index (χ4v) is 4.32. The average molecular weight is 387 g/mol. The summed E-state index contributed by atoms with van der Waals surface area (Å²) in [6, 6.07) is 17.9. The maximum Gasteiger partial charge on any atom is 0.212 e. The van der Waals surface area contributed by atoms with Crippen molar-refractivity contribution in [2.24, 2.45) is 18.9 Å². The van der Waals surface area contributed by atoms with E-state index in [1.165, 1.54) is 44.6 Å². The lowest BCUT2D eigenvalue weighted by molar-refractivity contribution is -0.660. The first kappa shape index (κ1) is 21.3. The molecule has 29 heavy (non-hydrogen) atoms. The topological polar surface area (TPSA) is 3.88 Å². The lowest BCUT2D eigenvalue weighted by Crippen LogP contribution is -2.32. The molecular weight excluding hydrogens is 350 g/mol. The molecule has 0 aliphatic rings. The Labute approximate surface area is 177 Å². The number of hydrogen-bond acceptors (Lipinski definition) is 0. The number of aryl methyl sites for hydroxylation is 3. The van der Waals surface area contributed by atoms with Crippen LogP contribution in [0.25, 0.3) is 22.4 Å². The van der Waals surface area contributed by atoms with Crippen molar-refractivity contribution in [2.45, 2.75) is 54.4 Å². The zero-order chi connectivity index (χ0) is 21.1. The molecule has 0 N–H and O–H groups in total. The van der Waals surface area contributed by atoms with Crippen LogP contribution in [0.15, 0.2) is 54.7 Å². The molecule has 0 aliphatic carbocycles. The van der Waals surface area contributed by atoms with E-state index in [1.54, 1.807) is 0 Å². The van der Waals surface area contributed by atoms with Gasteiger partial charge in [0.05, 0.1) is 0 Å². The predicted octanol–water partition coefficient (Wildman–Crippen LogP) is 6.86. The van der Waals surface area contributed by atoms with Crippen molar-refractivity contribution >= 4 is 0 Å². The standard InChI is InChI=1S/C28H36N/c1-19(2)13-24-16-28(29(7)18-25(24)14-20(3)4)27-17-26(21(5)15-22(27)6)23-11-9-8-10-12-23/h8-12,15-20H,13-14H2,1-7H3/q+1. The van der Waals surface area contributed by atoms with Crippen molar-refractivity contribution in [3.05, 3.63) is 77.0 Å². The quantitative estimate of drug-likeness (QED) is 0.407. The number of aromatic nitrogens is 1. The van der Waals surface area contributed by atoms with Gasteiger partial charge in [-0.2, -0.15) is 0 Å². The molecule has 0 amide bonds. The predicted molar refractivity (Wildman–Crippen MR) is 125 cm³/mol. The van der Waals surface area contributed by atoms with Crippen molar-refractivity contribution in [1.29, 1.82) is 0 Å². The van der Waals surface area contributed by atoms with E-state index in [1.807, 2.05) is 0 Å². The zero-order valence-corrected chi connectivity index (χ0v) is 19.2. The van der Waals surface area contributed by atoms with E-state index in [9.17, 15) is 0 Å². The summed E-state index contributed by atoms with van der Waals surface area (Å²) in [7, 11) is 2.19. The van der Waals surface area contributed by atoms with Crippen LogP contribution in [0.2, 0.25) is 0 Å². The second-order valence-corrected chi connectivity index (χ2v) is 9.36. The molecule has 1 heterocycles. The third-order valence-corrected chi connectivity index (χ3v) is 5.64. The highest BCUT2D eigenvalue weighted by molar-refractivity contribution is 5.75. The third-order valence-electron chi connectivity index (χ3n) is 5.64. The van der Waals surface area contributed by atoms with Gasteiger partial charge in [0.25, 0.3) is 0 Å². The van der Waals surface area contributed by atoms with Crippen molar-refractivity contribution in [2.75, 3.05) is 0 Å². The first-order valence-corrected chi connectivity index (χ1v) is 10.9. The van der Waals surface area contributed by atoms with Gasteiger partial charge >= 0.3 is 0 Å². The van der Waals surface area contributed by atoms with E-state index in [0.717, 1.165) is 12.8 Å². The summed E-state index contributed by atoms with van der Waals surface area (Å²) in [6.45, 7) is 13.7. The first-order valence-electron chi connectivity index (χ1n) is 10.9. The van der Waals surface area contributed by atoms with E-state index in [-0.39, 0.29) is 0 Å². The molecule has 0 saturated carbocycles. The second-order valence-electron chi connectivity index (χ2n) is 9.36. The number of hydrogen-bond donors (Lipinski definition) is 0. The molecule has 0 spiro atoms. The van der Waals surface area contributed by atoms with Crippen LogP contribution < -0.4 is 4.57 Å². The molecule has 3 aromatic rings. The van der Waals surface area contributed by atoms with Gasteiger partial charge in [-0.1, -0.05) is 64.1 Å². The van der Waals surface area contributed by atoms with Crippen LogP contribution in [0.4, 0.5) is 0 Å². The number of nitrogens with zero attached hydrogens (tertiary/aromatic N) is 1. The number of rotatable bonds is 6. The molecule has 2 aromatic carbocycles. The Bertz CT molecular complexity index is 981. The van der Waals surface area contributed by atoms with Gasteiger partial charge in [0.15, 0.2) is 6.20 Å². The van der Waals surface area contributed by atoms with E-state index in [2.05, 4.69) is 108 Å². The van der Waals surface area contributed by atoms with Crippen LogP contribution in [0.3, 0.4) is 0 Å². The molecule has 0 atom stereocenters. The summed E-state index contributed by atoms with van der Waals surface area (Å²) < 4.78 is 2.33. The maximum absolute atomic E-state index is 2.45. The van der Waals surface area contributed by atoms with Crippen LogP contribution >= 0.6 is 0 Å². The molecule has 3 rings (SSSR count). The van der Waals surface area contributed by atoms with Gasteiger partial charge in [-0.05, 0) is 72.4 Å². The molecule has 0 saturated heterocycles. The molecular formula is C28H36N+. The smallest absolute Gasteiger partial charge is 0.201 e. The van der Waals surface area contributed by atoms with Crippen molar-refractivity contribution in [1.82, 2.24) is 0 Å². The van der Waals surface area contributed by atoms with Crippen molar-refractivity contribution < 1.29 is 4.57 Å². The second kappa shape index (κ2) is 8.95. The maximum atomic E-state index is 2.45. The normalized spacial score (nSPS) is 11.5. The summed E-state index contributed by atoms with van der Waals surface area (Å²) >= 11 is 0. The monoisotopic (exact) mass is 386 g/mol. The Morgan fingerprint density at radius 1 is 0.724 bits per heavy atom. The first-order chi connectivity index (χ1) is 13.8. The summed E-state index contributed by atoms with van der Waals surface area (Å²) in [4.78, 5) is 0. The number of benzene rings is 2. The molecule has 0 radical (unpaired) electrons. The zero-order valence-electron chi connectivity index (χ0n) is 19.2. The molecule has 1 heteroatoms. The lowest BCUT2D eigenvalue weighted by Gasteiger charge is -2.16. The molecule has 1 aromatic heterocycles. The van der Waals surface area contributed by atoms with E-state index < -0.39 is 0 Å². The summed E-state index contributed by atoms with van der Waals surface area (Å²) in [5.41, 5.74) is 10.9. The van der Waals surface area contributed by atoms with Crippen LogP contribution in [-0.4, -0.2) is 0 Å². The lowest BCUT2D eigenvalue weighted by atomic mass is 9.90. The van der Waals surface area contributed by atoms with E-state index >= 15 is 0 Å².